The van der Waals surface area contributed by atoms with E-state index >= 15 is 0 Å². The van der Waals surface area contributed by atoms with E-state index in [1.165, 1.54) is 19.3 Å². The summed E-state index contributed by atoms with van der Waals surface area (Å²) >= 11 is 0. The summed E-state index contributed by atoms with van der Waals surface area (Å²) in [5, 5.41) is 3.27. The van der Waals surface area contributed by atoms with E-state index in [1.54, 1.807) is 0 Å². The van der Waals surface area contributed by atoms with Gasteiger partial charge in [0.2, 0.25) is 0 Å². The van der Waals surface area contributed by atoms with Crippen LogP contribution in [-0.2, 0) is 9.47 Å². The zero-order valence-corrected chi connectivity index (χ0v) is 9.26. The molecule has 0 aromatic heterocycles. The molecule has 3 nitrogen and oxygen atoms in total. The molecular formula is C11H23NO2. The van der Waals surface area contributed by atoms with E-state index in [2.05, 4.69) is 5.32 Å². The van der Waals surface area contributed by atoms with Crippen molar-refractivity contribution < 1.29 is 9.47 Å². The molecular weight excluding hydrogens is 178 g/mol. The van der Waals surface area contributed by atoms with Crippen molar-refractivity contribution in [2.45, 2.75) is 26.2 Å². The average Bonchev–Trinajstić information content (AvgIpc) is 2.99. The van der Waals surface area contributed by atoms with Crippen LogP contribution in [0.5, 0.6) is 0 Å². The summed E-state index contributed by atoms with van der Waals surface area (Å²) in [7, 11) is 0. The third-order valence-electron chi connectivity index (χ3n) is 2.42. The second-order valence-corrected chi connectivity index (χ2v) is 3.79. The molecule has 0 radical (unpaired) electrons. The van der Waals surface area contributed by atoms with Crippen molar-refractivity contribution in [3.05, 3.63) is 0 Å². The molecule has 1 fully saturated rings. The second kappa shape index (κ2) is 8.21. The summed E-state index contributed by atoms with van der Waals surface area (Å²) in [6, 6.07) is 0. The van der Waals surface area contributed by atoms with E-state index < -0.39 is 0 Å². The van der Waals surface area contributed by atoms with Crippen molar-refractivity contribution in [3.8, 4) is 0 Å². The molecule has 84 valence electrons. The fourth-order valence-electron chi connectivity index (χ4n) is 1.32. The van der Waals surface area contributed by atoms with Crippen molar-refractivity contribution in [2.24, 2.45) is 5.92 Å². The molecule has 0 saturated heterocycles. The van der Waals surface area contributed by atoms with Crippen LogP contribution in [-0.4, -0.2) is 39.5 Å². The van der Waals surface area contributed by atoms with Crippen LogP contribution in [0.1, 0.15) is 26.2 Å². The van der Waals surface area contributed by atoms with Gasteiger partial charge in [0, 0.05) is 26.3 Å². The van der Waals surface area contributed by atoms with Gasteiger partial charge in [-0.15, -0.1) is 0 Å². The van der Waals surface area contributed by atoms with Crippen LogP contribution in [0, 0.1) is 5.92 Å². The Hall–Kier alpha value is -0.120. The number of rotatable bonds is 10. The normalized spacial score (nSPS) is 16.1. The van der Waals surface area contributed by atoms with Gasteiger partial charge in [0.25, 0.3) is 0 Å². The van der Waals surface area contributed by atoms with E-state index in [0.29, 0.717) is 0 Å². The largest absolute Gasteiger partial charge is 0.380 e. The quantitative estimate of drug-likeness (QED) is 0.542. The first kappa shape index (κ1) is 12.0. The standard InChI is InChI=1S/C11H23NO2/c1-2-13-9-6-12-7-10-14-8-5-11-3-4-11/h11-12H,2-10H2,1H3. The highest BCUT2D eigenvalue weighted by molar-refractivity contribution is 4.72. The average molecular weight is 201 g/mol. The predicted octanol–water partition coefficient (Wildman–Crippen LogP) is 1.43. The molecule has 1 N–H and O–H groups in total. The smallest absolute Gasteiger partial charge is 0.0590 e. The molecule has 0 atom stereocenters. The van der Waals surface area contributed by atoms with Crippen molar-refractivity contribution in [1.29, 1.82) is 0 Å². The summed E-state index contributed by atoms with van der Waals surface area (Å²) in [5.74, 6) is 0.987. The highest BCUT2D eigenvalue weighted by Crippen LogP contribution is 2.31. The van der Waals surface area contributed by atoms with E-state index in [9.17, 15) is 0 Å². The van der Waals surface area contributed by atoms with E-state index in [1.807, 2.05) is 6.92 Å². The second-order valence-electron chi connectivity index (χ2n) is 3.79. The molecule has 0 amide bonds. The Kier molecular flexibility index (Phi) is 7.01. The Bertz CT molecular complexity index is 126. The molecule has 14 heavy (non-hydrogen) atoms. The fourth-order valence-corrected chi connectivity index (χ4v) is 1.32. The zero-order chi connectivity index (χ0) is 10.1. The SMILES string of the molecule is CCOCCNCCOCCC1CC1. The van der Waals surface area contributed by atoms with E-state index in [-0.39, 0.29) is 0 Å². The number of hydrogen-bond acceptors (Lipinski definition) is 3. The molecule has 1 rings (SSSR count). The maximum Gasteiger partial charge on any atom is 0.0590 e. The Morgan fingerprint density at radius 3 is 2.43 bits per heavy atom. The van der Waals surface area contributed by atoms with E-state index in [4.69, 9.17) is 9.47 Å². The Morgan fingerprint density at radius 2 is 1.79 bits per heavy atom. The summed E-state index contributed by atoms with van der Waals surface area (Å²) in [5.41, 5.74) is 0. The van der Waals surface area contributed by atoms with Gasteiger partial charge in [0.1, 0.15) is 0 Å². The van der Waals surface area contributed by atoms with Gasteiger partial charge in [-0.3, -0.25) is 0 Å². The van der Waals surface area contributed by atoms with Gasteiger partial charge in [-0.05, 0) is 19.3 Å². The zero-order valence-electron chi connectivity index (χ0n) is 9.26. The first-order chi connectivity index (χ1) is 6.93. The van der Waals surface area contributed by atoms with Crippen molar-refractivity contribution >= 4 is 0 Å². The van der Waals surface area contributed by atoms with Crippen LogP contribution < -0.4 is 5.32 Å². The monoisotopic (exact) mass is 201 g/mol. The minimum Gasteiger partial charge on any atom is -0.380 e. The van der Waals surface area contributed by atoms with Crippen LogP contribution in [0.25, 0.3) is 0 Å². The van der Waals surface area contributed by atoms with Gasteiger partial charge < -0.3 is 14.8 Å². The van der Waals surface area contributed by atoms with Crippen LogP contribution in [0.15, 0.2) is 0 Å². The fraction of sp³-hybridized carbons (Fsp3) is 1.00. The van der Waals surface area contributed by atoms with Gasteiger partial charge in [-0.2, -0.15) is 0 Å². The van der Waals surface area contributed by atoms with Crippen molar-refractivity contribution in [3.63, 3.8) is 0 Å². The molecule has 0 aliphatic heterocycles. The third kappa shape index (κ3) is 7.30. The lowest BCUT2D eigenvalue weighted by Gasteiger charge is -2.05. The Morgan fingerprint density at radius 1 is 1.07 bits per heavy atom. The van der Waals surface area contributed by atoms with Gasteiger partial charge in [0.05, 0.1) is 13.2 Å². The number of ether oxygens (including phenoxy) is 2. The molecule has 0 aromatic rings. The van der Waals surface area contributed by atoms with Gasteiger partial charge in [0.15, 0.2) is 0 Å². The molecule has 1 saturated carbocycles. The molecule has 0 spiro atoms. The van der Waals surface area contributed by atoms with Crippen LogP contribution in [0.4, 0.5) is 0 Å². The summed E-state index contributed by atoms with van der Waals surface area (Å²) in [6.07, 6.45) is 4.12. The Balaban J connectivity index is 1.63. The number of nitrogens with one attached hydrogen (secondary N) is 1. The van der Waals surface area contributed by atoms with Crippen LogP contribution in [0.3, 0.4) is 0 Å². The maximum absolute atomic E-state index is 5.49. The molecule has 0 aromatic carbocycles. The van der Waals surface area contributed by atoms with Crippen LogP contribution in [0.2, 0.25) is 0 Å². The maximum atomic E-state index is 5.49. The summed E-state index contributed by atoms with van der Waals surface area (Å²) in [4.78, 5) is 0. The first-order valence-electron chi connectivity index (χ1n) is 5.79. The highest BCUT2D eigenvalue weighted by atomic mass is 16.5. The molecule has 3 heteroatoms. The molecule has 0 unspecified atom stereocenters. The van der Waals surface area contributed by atoms with Gasteiger partial charge in [-0.25, -0.2) is 0 Å². The highest BCUT2D eigenvalue weighted by Gasteiger charge is 2.20. The third-order valence-corrected chi connectivity index (χ3v) is 2.42. The topological polar surface area (TPSA) is 30.5 Å². The molecule has 1 aliphatic rings. The molecule has 0 heterocycles. The number of hydrogen-bond donors (Lipinski definition) is 1. The lowest BCUT2D eigenvalue weighted by molar-refractivity contribution is 0.122. The molecule has 0 bridgehead atoms. The van der Waals surface area contributed by atoms with Crippen LogP contribution >= 0.6 is 0 Å². The predicted molar refractivity (Wildman–Crippen MR) is 57.5 cm³/mol. The Labute approximate surface area is 87.2 Å². The lowest BCUT2D eigenvalue weighted by atomic mass is 10.3. The summed E-state index contributed by atoms with van der Waals surface area (Å²) < 4.78 is 10.7. The first-order valence-corrected chi connectivity index (χ1v) is 5.79. The van der Waals surface area contributed by atoms with Gasteiger partial charge >= 0.3 is 0 Å². The molecule has 1 aliphatic carbocycles. The lowest BCUT2D eigenvalue weighted by Crippen LogP contribution is -2.24. The minimum atomic E-state index is 0.804. The minimum absolute atomic E-state index is 0.804. The van der Waals surface area contributed by atoms with Crippen molar-refractivity contribution in [2.75, 3.05) is 39.5 Å². The van der Waals surface area contributed by atoms with Gasteiger partial charge in [-0.1, -0.05) is 12.8 Å². The summed E-state index contributed by atoms with van der Waals surface area (Å²) in [6.45, 7) is 7.27. The van der Waals surface area contributed by atoms with Crippen molar-refractivity contribution in [1.82, 2.24) is 5.32 Å². The van der Waals surface area contributed by atoms with E-state index in [0.717, 1.165) is 45.4 Å².